The first kappa shape index (κ1) is 27.4. The Morgan fingerprint density at radius 1 is 1.11 bits per heavy atom. The van der Waals surface area contributed by atoms with Gasteiger partial charge in [-0.1, -0.05) is 41.9 Å². The number of alkyl carbamates (subject to hydrolysis) is 1. The van der Waals surface area contributed by atoms with E-state index in [1.807, 2.05) is 63.2 Å². The highest BCUT2D eigenvalue weighted by molar-refractivity contribution is 7.80. The van der Waals surface area contributed by atoms with E-state index >= 15 is 0 Å². The summed E-state index contributed by atoms with van der Waals surface area (Å²) in [5, 5.41) is 9.76. The number of nitrogens with zero attached hydrogens (tertiary/aromatic N) is 2. The molecule has 0 saturated heterocycles. The number of fused-ring (bicyclic) bond motifs is 1. The van der Waals surface area contributed by atoms with Crippen molar-refractivity contribution in [3.05, 3.63) is 64.7 Å². The smallest absolute Gasteiger partial charge is 0.407 e. The molecule has 0 spiro atoms. The van der Waals surface area contributed by atoms with Crippen molar-refractivity contribution >= 4 is 52.3 Å². The highest BCUT2D eigenvalue weighted by atomic mass is 35.5. The minimum absolute atomic E-state index is 0.241. The first-order valence-electron chi connectivity index (χ1n) is 11.8. The lowest BCUT2D eigenvalue weighted by atomic mass is 10.0. The zero-order valence-electron chi connectivity index (χ0n) is 20.9. The summed E-state index contributed by atoms with van der Waals surface area (Å²) in [6.45, 7) is 6.53. The molecular weight excluding hydrogens is 498 g/mol. The number of halogens is 1. The molecule has 1 heterocycles. The van der Waals surface area contributed by atoms with E-state index in [4.69, 9.17) is 33.5 Å². The summed E-state index contributed by atoms with van der Waals surface area (Å²) < 4.78 is 5.21. The zero-order chi connectivity index (χ0) is 26.3. The summed E-state index contributed by atoms with van der Waals surface area (Å²) in [6, 6.07) is 15.0. The van der Waals surface area contributed by atoms with Gasteiger partial charge in [0.15, 0.2) is 5.11 Å². The van der Waals surface area contributed by atoms with E-state index in [-0.39, 0.29) is 5.91 Å². The van der Waals surface area contributed by atoms with Crippen LogP contribution in [0, 0.1) is 0 Å². The van der Waals surface area contributed by atoms with Gasteiger partial charge < -0.3 is 25.6 Å². The molecule has 0 bridgehead atoms. The van der Waals surface area contributed by atoms with Gasteiger partial charge in [0.1, 0.15) is 5.60 Å². The number of ether oxygens (including phenoxy) is 1. The van der Waals surface area contributed by atoms with Gasteiger partial charge in [0.25, 0.3) is 5.91 Å². The molecule has 2 amide bonds. The van der Waals surface area contributed by atoms with E-state index in [2.05, 4.69) is 16.0 Å². The Labute approximate surface area is 222 Å². The number of likely N-dealkylation sites (N-methyl/N-ethyl adjacent to an activating group) is 1. The molecule has 1 aliphatic heterocycles. The third-order valence-electron chi connectivity index (χ3n) is 5.27. The maximum absolute atomic E-state index is 13.3. The van der Waals surface area contributed by atoms with Crippen LogP contribution >= 0.6 is 23.8 Å². The molecule has 1 atom stereocenters. The summed E-state index contributed by atoms with van der Waals surface area (Å²) in [6.07, 6.45) is 0.161. The Kier molecular flexibility index (Phi) is 9.28. The van der Waals surface area contributed by atoms with Crippen LogP contribution in [0.15, 0.2) is 53.5 Å². The van der Waals surface area contributed by atoms with Crippen LogP contribution < -0.4 is 20.9 Å². The molecule has 36 heavy (non-hydrogen) atoms. The maximum atomic E-state index is 13.3. The number of carbonyl (C=O) groups is 2. The first-order chi connectivity index (χ1) is 17.0. The Hall–Kier alpha value is -3.17. The number of amides is 2. The van der Waals surface area contributed by atoms with Gasteiger partial charge in [-0.15, -0.1) is 0 Å². The number of anilines is 1. The molecule has 192 valence electrons. The van der Waals surface area contributed by atoms with Crippen LogP contribution in [0.25, 0.3) is 0 Å². The fourth-order valence-corrected chi connectivity index (χ4v) is 3.98. The number of hydrogen-bond donors (Lipinski definition) is 3. The van der Waals surface area contributed by atoms with Crippen molar-refractivity contribution in [3.63, 3.8) is 0 Å². The van der Waals surface area contributed by atoms with Crippen LogP contribution in [0.1, 0.15) is 44.7 Å². The molecule has 8 nitrogen and oxygen atoms in total. The topological polar surface area (TPSA) is 95.1 Å². The number of nitrogens with one attached hydrogen (secondary N) is 3. The minimum atomic E-state index is -0.912. The van der Waals surface area contributed by atoms with Crippen LogP contribution in [0.3, 0.4) is 0 Å². The van der Waals surface area contributed by atoms with Gasteiger partial charge in [0, 0.05) is 36.3 Å². The third kappa shape index (κ3) is 7.66. The van der Waals surface area contributed by atoms with Crippen LogP contribution in [0.4, 0.5) is 10.5 Å². The minimum Gasteiger partial charge on any atom is -0.444 e. The summed E-state index contributed by atoms with van der Waals surface area (Å²) in [4.78, 5) is 31.3. The van der Waals surface area contributed by atoms with Crippen LogP contribution in [0.2, 0.25) is 5.02 Å². The number of aliphatic imine (C=N–C) groups is 1. The molecule has 0 aliphatic carbocycles. The molecule has 10 heteroatoms. The standard InChI is InChI=1S/C26H32ClN5O3S/c1-26(2,3)35-25(34)29-15-9-8-14-28-24(36)31-22-23(33)32(4)20-13-12-18(27)16-19(20)21(30-22)17-10-6-5-7-11-17/h5-7,10-13,16,22H,8-9,14-15H2,1-4H3,(H,29,34)(H2,28,31,36). The fraction of sp³-hybridized carbons (Fsp3) is 0.385. The highest BCUT2D eigenvalue weighted by Crippen LogP contribution is 2.29. The SMILES string of the molecule is CN1C(=O)C(NC(=S)NCCCCNC(=O)OC(C)(C)C)N=C(c2ccccc2)c2cc(Cl)ccc21. The molecule has 0 saturated carbocycles. The number of unbranched alkanes of at least 4 members (excludes halogenated alkanes) is 1. The van der Waals surface area contributed by atoms with Crippen molar-refractivity contribution in [2.24, 2.45) is 4.99 Å². The predicted molar refractivity (Wildman–Crippen MR) is 148 cm³/mol. The molecule has 2 aromatic carbocycles. The molecule has 1 aliphatic rings. The van der Waals surface area contributed by atoms with E-state index in [0.717, 1.165) is 24.0 Å². The van der Waals surface area contributed by atoms with Crippen molar-refractivity contribution in [3.8, 4) is 0 Å². The van der Waals surface area contributed by atoms with Gasteiger partial charge in [-0.05, 0) is 64.0 Å². The summed E-state index contributed by atoms with van der Waals surface area (Å²) >= 11 is 11.7. The number of rotatable bonds is 7. The van der Waals surface area contributed by atoms with Crippen LogP contribution in [-0.4, -0.2) is 54.7 Å². The van der Waals surface area contributed by atoms with Gasteiger partial charge in [0.05, 0.1) is 11.4 Å². The van der Waals surface area contributed by atoms with Gasteiger partial charge in [0.2, 0.25) is 6.17 Å². The van der Waals surface area contributed by atoms with Crippen molar-refractivity contribution in [1.82, 2.24) is 16.0 Å². The number of thiocarbonyl (C=S) groups is 1. The third-order valence-corrected chi connectivity index (χ3v) is 5.77. The molecule has 0 fully saturated rings. The second-order valence-electron chi connectivity index (χ2n) is 9.34. The number of benzene rings is 2. The van der Waals surface area contributed by atoms with E-state index in [1.54, 1.807) is 18.0 Å². The number of carbonyl (C=O) groups excluding carboxylic acids is 2. The summed E-state index contributed by atoms with van der Waals surface area (Å²) in [5.41, 5.74) is 2.48. The second kappa shape index (κ2) is 12.2. The van der Waals surface area contributed by atoms with E-state index in [0.29, 0.717) is 34.6 Å². The van der Waals surface area contributed by atoms with Gasteiger partial charge in [-0.3, -0.25) is 4.79 Å². The molecular formula is C26H32ClN5O3S. The zero-order valence-corrected chi connectivity index (χ0v) is 22.5. The largest absolute Gasteiger partial charge is 0.444 e. The molecule has 2 aromatic rings. The average molecular weight is 530 g/mol. The highest BCUT2D eigenvalue weighted by Gasteiger charge is 2.30. The van der Waals surface area contributed by atoms with Crippen LogP contribution in [0.5, 0.6) is 0 Å². The Bertz CT molecular complexity index is 1130. The van der Waals surface area contributed by atoms with Crippen molar-refractivity contribution in [1.29, 1.82) is 0 Å². The lowest BCUT2D eigenvalue weighted by molar-refractivity contribution is -0.119. The fourth-order valence-electron chi connectivity index (χ4n) is 3.60. The normalized spacial score (nSPS) is 15.4. The molecule has 3 rings (SSSR count). The lowest BCUT2D eigenvalue weighted by Crippen LogP contribution is -2.49. The lowest BCUT2D eigenvalue weighted by Gasteiger charge is -2.22. The van der Waals surface area contributed by atoms with Crippen molar-refractivity contribution in [2.75, 3.05) is 25.0 Å². The van der Waals surface area contributed by atoms with Crippen molar-refractivity contribution in [2.45, 2.75) is 45.4 Å². The maximum Gasteiger partial charge on any atom is 0.407 e. The Morgan fingerprint density at radius 3 is 2.44 bits per heavy atom. The van der Waals surface area contributed by atoms with E-state index < -0.39 is 17.9 Å². The first-order valence-corrected chi connectivity index (χ1v) is 12.6. The average Bonchev–Trinajstić information content (AvgIpc) is 2.91. The molecule has 1 unspecified atom stereocenters. The number of benzodiazepines with no additional fused rings is 1. The monoisotopic (exact) mass is 529 g/mol. The molecule has 0 radical (unpaired) electrons. The van der Waals surface area contributed by atoms with E-state index in [1.165, 1.54) is 0 Å². The van der Waals surface area contributed by atoms with E-state index in [9.17, 15) is 9.59 Å². The van der Waals surface area contributed by atoms with Gasteiger partial charge in [-0.2, -0.15) is 0 Å². The Balaban J connectivity index is 1.62. The number of hydrogen-bond acceptors (Lipinski definition) is 5. The van der Waals surface area contributed by atoms with Crippen molar-refractivity contribution < 1.29 is 14.3 Å². The second-order valence-corrected chi connectivity index (χ2v) is 10.2. The predicted octanol–water partition coefficient (Wildman–Crippen LogP) is 4.25. The Morgan fingerprint density at radius 2 is 1.78 bits per heavy atom. The van der Waals surface area contributed by atoms with Gasteiger partial charge >= 0.3 is 6.09 Å². The quantitative estimate of drug-likeness (QED) is 0.366. The van der Waals surface area contributed by atoms with Gasteiger partial charge in [-0.25, -0.2) is 9.79 Å². The summed E-state index contributed by atoms with van der Waals surface area (Å²) in [7, 11) is 1.71. The van der Waals surface area contributed by atoms with Crippen LogP contribution in [-0.2, 0) is 9.53 Å². The molecule has 3 N–H and O–H groups in total. The molecule has 0 aromatic heterocycles. The summed E-state index contributed by atoms with van der Waals surface area (Å²) in [5.74, 6) is -0.241.